The van der Waals surface area contributed by atoms with Crippen LogP contribution in [0.1, 0.15) is 24.1 Å². The standard InChI is InChI=1S/C20H19N5O/c1-14(15-6-8-17(9-7-15)25-13-21-12-23-25)24-20(26)10-16-11-22-19-5-3-2-4-18(16)19/h2-9,11-14,22H,10H2,1H3,(H,24,26)/t14-/m0/s1. The Morgan fingerprint density at radius 1 is 1.19 bits per heavy atom. The molecule has 4 aromatic rings. The predicted molar refractivity (Wildman–Crippen MR) is 99.9 cm³/mol. The molecule has 0 aliphatic carbocycles. The number of aromatic amines is 1. The molecule has 4 rings (SSSR count). The molecule has 1 atom stereocenters. The van der Waals surface area contributed by atoms with Gasteiger partial charge in [-0.05, 0) is 36.2 Å². The Balaban J connectivity index is 1.42. The highest BCUT2D eigenvalue weighted by atomic mass is 16.1. The molecule has 0 aliphatic heterocycles. The van der Waals surface area contributed by atoms with Gasteiger partial charge in [0.25, 0.3) is 0 Å². The van der Waals surface area contributed by atoms with E-state index < -0.39 is 0 Å². The zero-order valence-electron chi connectivity index (χ0n) is 14.4. The van der Waals surface area contributed by atoms with Crippen LogP contribution < -0.4 is 5.32 Å². The quantitative estimate of drug-likeness (QED) is 0.583. The van der Waals surface area contributed by atoms with Gasteiger partial charge in [0, 0.05) is 17.1 Å². The fraction of sp³-hybridized carbons (Fsp3) is 0.150. The van der Waals surface area contributed by atoms with Gasteiger partial charge in [0.2, 0.25) is 5.91 Å². The Morgan fingerprint density at radius 2 is 2.00 bits per heavy atom. The lowest BCUT2D eigenvalue weighted by atomic mass is 10.1. The Kier molecular flexibility index (Phi) is 4.23. The van der Waals surface area contributed by atoms with Crippen molar-refractivity contribution in [1.29, 1.82) is 0 Å². The van der Waals surface area contributed by atoms with Crippen LogP contribution in [0.25, 0.3) is 16.6 Å². The molecule has 0 saturated carbocycles. The van der Waals surface area contributed by atoms with Crippen LogP contribution in [0.5, 0.6) is 0 Å². The molecular weight excluding hydrogens is 326 g/mol. The highest BCUT2D eigenvalue weighted by Crippen LogP contribution is 2.19. The van der Waals surface area contributed by atoms with Gasteiger partial charge in [-0.25, -0.2) is 9.67 Å². The Morgan fingerprint density at radius 3 is 2.77 bits per heavy atom. The van der Waals surface area contributed by atoms with E-state index in [1.54, 1.807) is 11.0 Å². The highest BCUT2D eigenvalue weighted by molar-refractivity contribution is 5.88. The van der Waals surface area contributed by atoms with E-state index >= 15 is 0 Å². The number of benzene rings is 2. The number of hydrogen-bond donors (Lipinski definition) is 2. The first kappa shape index (κ1) is 16.1. The van der Waals surface area contributed by atoms with Gasteiger partial charge in [-0.1, -0.05) is 30.3 Å². The Labute approximate surface area is 150 Å². The molecule has 2 aromatic heterocycles. The number of H-pyrrole nitrogens is 1. The summed E-state index contributed by atoms with van der Waals surface area (Å²) in [6.07, 6.45) is 5.41. The van der Waals surface area contributed by atoms with Gasteiger partial charge in [0.1, 0.15) is 12.7 Å². The molecule has 2 N–H and O–H groups in total. The number of fused-ring (bicyclic) bond motifs is 1. The van der Waals surface area contributed by atoms with Crippen molar-refractivity contribution in [1.82, 2.24) is 25.1 Å². The third kappa shape index (κ3) is 3.21. The van der Waals surface area contributed by atoms with E-state index in [0.29, 0.717) is 6.42 Å². The second-order valence-corrected chi connectivity index (χ2v) is 6.26. The summed E-state index contributed by atoms with van der Waals surface area (Å²) in [5.41, 5.74) is 4.03. The first-order chi connectivity index (χ1) is 12.7. The van der Waals surface area contributed by atoms with E-state index in [0.717, 1.165) is 27.7 Å². The van der Waals surface area contributed by atoms with Gasteiger partial charge in [-0.3, -0.25) is 4.79 Å². The highest BCUT2D eigenvalue weighted by Gasteiger charge is 2.12. The van der Waals surface area contributed by atoms with Crippen molar-refractivity contribution < 1.29 is 4.79 Å². The summed E-state index contributed by atoms with van der Waals surface area (Å²) in [5.74, 6) is 0.00241. The smallest absolute Gasteiger partial charge is 0.224 e. The molecule has 0 fully saturated rings. The third-order valence-corrected chi connectivity index (χ3v) is 4.48. The number of nitrogens with one attached hydrogen (secondary N) is 2. The van der Waals surface area contributed by atoms with Crippen LogP contribution in [0.2, 0.25) is 0 Å². The fourth-order valence-electron chi connectivity index (χ4n) is 3.08. The van der Waals surface area contributed by atoms with Gasteiger partial charge in [0.15, 0.2) is 0 Å². The number of para-hydroxylation sites is 1. The molecule has 6 nitrogen and oxygen atoms in total. The summed E-state index contributed by atoms with van der Waals surface area (Å²) < 4.78 is 1.70. The maximum Gasteiger partial charge on any atom is 0.224 e. The van der Waals surface area contributed by atoms with Crippen molar-refractivity contribution in [3.8, 4) is 5.69 Å². The van der Waals surface area contributed by atoms with Gasteiger partial charge < -0.3 is 10.3 Å². The number of carbonyl (C=O) groups excluding carboxylic acids is 1. The second-order valence-electron chi connectivity index (χ2n) is 6.26. The minimum absolute atomic E-state index is 0.00241. The Bertz CT molecular complexity index is 1020. The predicted octanol–water partition coefficient (Wildman–Crippen LogP) is 3.17. The maximum atomic E-state index is 12.4. The Hall–Kier alpha value is -3.41. The average Bonchev–Trinajstić information content (AvgIpc) is 3.32. The minimum atomic E-state index is -0.0718. The maximum absolute atomic E-state index is 12.4. The van der Waals surface area contributed by atoms with E-state index in [4.69, 9.17) is 0 Å². The van der Waals surface area contributed by atoms with Crippen molar-refractivity contribution in [3.05, 3.63) is 78.5 Å². The van der Waals surface area contributed by atoms with Crippen molar-refractivity contribution in [3.63, 3.8) is 0 Å². The zero-order valence-corrected chi connectivity index (χ0v) is 14.4. The lowest BCUT2D eigenvalue weighted by Crippen LogP contribution is -2.28. The summed E-state index contributed by atoms with van der Waals surface area (Å²) in [4.78, 5) is 19.6. The SMILES string of the molecule is C[C@H](NC(=O)Cc1c[nH]c2ccccc12)c1ccc(-n2cncn2)cc1. The number of carbonyl (C=O) groups is 1. The van der Waals surface area contributed by atoms with E-state index in [1.165, 1.54) is 6.33 Å². The molecule has 26 heavy (non-hydrogen) atoms. The molecule has 2 aromatic carbocycles. The summed E-state index contributed by atoms with van der Waals surface area (Å²) in [7, 11) is 0. The van der Waals surface area contributed by atoms with Crippen LogP contribution in [-0.2, 0) is 11.2 Å². The summed E-state index contributed by atoms with van der Waals surface area (Å²) in [6.45, 7) is 1.98. The lowest BCUT2D eigenvalue weighted by molar-refractivity contribution is -0.121. The van der Waals surface area contributed by atoms with Crippen molar-refractivity contribution in [2.24, 2.45) is 0 Å². The third-order valence-electron chi connectivity index (χ3n) is 4.48. The number of aromatic nitrogens is 4. The van der Waals surface area contributed by atoms with E-state index in [2.05, 4.69) is 20.4 Å². The van der Waals surface area contributed by atoms with Crippen LogP contribution in [-0.4, -0.2) is 25.7 Å². The zero-order chi connectivity index (χ0) is 17.9. The van der Waals surface area contributed by atoms with Crippen molar-refractivity contribution in [2.45, 2.75) is 19.4 Å². The van der Waals surface area contributed by atoms with Gasteiger partial charge >= 0.3 is 0 Å². The molecule has 0 radical (unpaired) electrons. The molecule has 0 aliphatic rings. The van der Waals surface area contributed by atoms with E-state index in [-0.39, 0.29) is 11.9 Å². The molecule has 0 saturated heterocycles. The number of amides is 1. The number of rotatable bonds is 5. The first-order valence-corrected chi connectivity index (χ1v) is 8.50. The number of hydrogen-bond acceptors (Lipinski definition) is 3. The molecule has 0 spiro atoms. The topological polar surface area (TPSA) is 75.6 Å². The average molecular weight is 345 g/mol. The normalized spacial score (nSPS) is 12.2. The molecule has 0 bridgehead atoms. The first-order valence-electron chi connectivity index (χ1n) is 8.50. The molecular formula is C20H19N5O. The summed E-state index contributed by atoms with van der Waals surface area (Å²) in [6, 6.07) is 15.8. The summed E-state index contributed by atoms with van der Waals surface area (Å²) in [5, 5.41) is 8.26. The molecule has 6 heteroatoms. The van der Waals surface area contributed by atoms with Crippen molar-refractivity contribution in [2.75, 3.05) is 0 Å². The van der Waals surface area contributed by atoms with Crippen molar-refractivity contribution >= 4 is 16.8 Å². The van der Waals surface area contributed by atoms with E-state index in [9.17, 15) is 4.79 Å². The van der Waals surface area contributed by atoms with Crippen LogP contribution in [0.3, 0.4) is 0 Å². The van der Waals surface area contributed by atoms with Gasteiger partial charge in [0.05, 0.1) is 18.2 Å². The minimum Gasteiger partial charge on any atom is -0.361 e. The van der Waals surface area contributed by atoms with Crippen LogP contribution >= 0.6 is 0 Å². The van der Waals surface area contributed by atoms with Gasteiger partial charge in [-0.15, -0.1) is 0 Å². The van der Waals surface area contributed by atoms with Crippen LogP contribution in [0.4, 0.5) is 0 Å². The van der Waals surface area contributed by atoms with Crippen LogP contribution in [0, 0.1) is 0 Å². The molecule has 0 unspecified atom stereocenters. The van der Waals surface area contributed by atoms with Gasteiger partial charge in [-0.2, -0.15) is 5.10 Å². The molecule has 1 amide bonds. The monoisotopic (exact) mass is 345 g/mol. The van der Waals surface area contributed by atoms with E-state index in [1.807, 2.05) is 61.7 Å². The lowest BCUT2D eigenvalue weighted by Gasteiger charge is -2.15. The molecule has 2 heterocycles. The number of nitrogens with zero attached hydrogens (tertiary/aromatic N) is 3. The largest absolute Gasteiger partial charge is 0.361 e. The fourth-order valence-corrected chi connectivity index (χ4v) is 3.08. The second kappa shape index (κ2) is 6.84. The van der Waals surface area contributed by atoms with Crippen LogP contribution in [0.15, 0.2) is 67.4 Å². The molecule has 130 valence electrons. The summed E-state index contributed by atoms with van der Waals surface area (Å²) >= 11 is 0.